The molecular formula is C16H23BN2O2. The van der Waals surface area contributed by atoms with Gasteiger partial charge in [-0.05, 0) is 51.7 Å². The summed E-state index contributed by atoms with van der Waals surface area (Å²) in [5.74, 6) is 0. The Balaban J connectivity index is 2.25. The Morgan fingerprint density at radius 3 is 2.33 bits per heavy atom. The van der Waals surface area contributed by atoms with Gasteiger partial charge in [0.05, 0.1) is 22.5 Å². The lowest BCUT2D eigenvalue weighted by Gasteiger charge is -2.32. The number of benzene rings is 1. The van der Waals surface area contributed by atoms with Crippen molar-refractivity contribution in [1.82, 2.24) is 0 Å². The standard InChI is InChI=1S/C16H23BN2O2/c1-6-9-19-14-8-7-13(10-12(14)11-18)17-20-15(2,3)16(4,5)21-17/h7-8,10,19H,6,9H2,1-5H3. The molecule has 0 unspecified atom stereocenters. The Morgan fingerprint density at radius 1 is 1.19 bits per heavy atom. The molecule has 0 atom stereocenters. The summed E-state index contributed by atoms with van der Waals surface area (Å²) >= 11 is 0. The lowest BCUT2D eigenvalue weighted by atomic mass is 9.78. The van der Waals surface area contributed by atoms with E-state index in [9.17, 15) is 5.26 Å². The van der Waals surface area contributed by atoms with E-state index in [1.165, 1.54) is 0 Å². The predicted molar refractivity (Wildman–Crippen MR) is 85.7 cm³/mol. The molecule has 2 rings (SSSR count). The Morgan fingerprint density at radius 2 is 1.81 bits per heavy atom. The van der Waals surface area contributed by atoms with Gasteiger partial charge in [0.15, 0.2) is 0 Å². The van der Waals surface area contributed by atoms with E-state index in [0.29, 0.717) is 5.56 Å². The largest absolute Gasteiger partial charge is 0.494 e. The van der Waals surface area contributed by atoms with E-state index < -0.39 is 7.12 Å². The Kier molecular flexibility index (Phi) is 4.31. The molecule has 0 saturated carbocycles. The molecule has 0 aromatic heterocycles. The first-order valence-corrected chi connectivity index (χ1v) is 7.44. The van der Waals surface area contributed by atoms with Crippen LogP contribution in [-0.2, 0) is 9.31 Å². The average Bonchev–Trinajstić information content (AvgIpc) is 2.65. The molecule has 1 fully saturated rings. The van der Waals surface area contributed by atoms with E-state index >= 15 is 0 Å². The summed E-state index contributed by atoms with van der Waals surface area (Å²) in [6.45, 7) is 11.0. The average molecular weight is 286 g/mol. The van der Waals surface area contributed by atoms with Crippen molar-refractivity contribution in [3.8, 4) is 6.07 Å². The highest BCUT2D eigenvalue weighted by atomic mass is 16.7. The summed E-state index contributed by atoms with van der Waals surface area (Å²) in [5, 5.41) is 12.6. The molecule has 1 saturated heterocycles. The summed E-state index contributed by atoms with van der Waals surface area (Å²) in [4.78, 5) is 0. The third kappa shape index (κ3) is 3.07. The van der Waals surface area contributed by atoms with E-state index in [2.05, 4.69) is 18.3 Å². The van der Waals surface area contributed by atoms with Gasteiger partial charge in [-0.2, -0.15) is 5.26 Å². The maximum absolute atomic E-state index is 9.32. The van der Waals surface area contributed by atoms with Crippen molar-refractivity contribution in [1.29, 1.82) is 5.26 Å². The Hall–Kier alpha value is -1.51. The monoisotopic (exact) mass is 286 g/mol. The first kappa shape index (κ1) is 15.9. The normalized spacial score (nSPS) is 19.3. The van der Waals surface area contributed by atoms with Crippen molar-refractivity contribution >= 4 is 18.3 Å². The Labute approximate surface area is 127 Å². The van der Waals surface area contributed by atoms with Gasteiger partial charge in [-0.15, -0.1) is 0 Å². The highest BCUT2D eigenvalue weighted by molar-refractivity contribution is 6.62. The van der Waals surface area contributed by atoms with E-state index in [1.54, 1.807) is 0 Å². The van der Waals surface area contributed by atoms with Gasteiger partial charge >= 0.3 is 7.12 Å². The van der Waals surface area contributed by atoms with Crippen molar-refractivity contribution in [2.75, 3.05) is 11.9 Å². The van der Waals surface area contributed by atoms with Crippen molar-refractivity contribution < 1.29 is 9.31 Å². The molecule has 0 radical (unpaired) electrons. The van der Waals surface area contributed by atoms with Gasteiger partial charge in [0.2, 0.25) is 0 Å². The lowest BCUT2D eigenvalue weighted by Crippen LogP contribution is -2.41. The number of hydrogen-bond acceptors (Lipinski definition) is 4. The van der Waals surface area contributed by atoms with Gasteiger partial charge in [0, 0.05) is 6.54 Å². The van der Waals surface area contributed by atoms with Gasteiger partial charge < -0.3 is 14.6 Å². The van der Waals surface area contributed by atoms with Crippen LogP contribution in [-0.4, -0.2) is 24.9 Å². The van der Waals surface area contributed by atoms with Gasteiger partial charge in [-0.25, -0.2) is 0 Å². The van der Waals surface area contributed by atoms with E-state index in [0.717, 1.165) is 24.1 Å². The van der Waals surface area contributed by atoms with E-state index in [-0.39, 0.29) is 11.2 Å². The van der Waals surface area contributed by atoms with Crippen LogP contribution in [0.25, 0.3) is 0 Å². The second kappa shape index (κ2) is 5.71. The minimum Gasteiger partial charge on any atom is -0.399 e. The number of hydrogen-bond donors (Lipinski definition) is 1. The fourth-order valence-corrected chi connectivity index (χ4v) is 2.19. The summed E-state index contributed by atoms with van der Waals surface area (Å²) in [7, 11) is -0.428. The second-order valence-corrected chi connectivity index (χ2v) is 6.43. The van der Waals surface area contributed by atoms with Crippen LogP contribution in [0.4, 0.5) is 5.69 Å². The highest BCUT2D eigenvalue weighted by Crippen LogP contribution is 2.36. The van der Waals surface area contributed by atoms with Gasteiger partial charge in [-0.3, -0.25) is 0 Å². The smallest absolute Gasteiger partial charge is 0.399 e. The zero-order valence-corrected chi connectivity index (χ0v) is 13.5. The molecule has 0 amide bonds. The molecule has 0 aliphatic carbocycles. The Bertz CT molecular complexity index is 548. The summed E-state index contributed by atoms with van der Waals surface area (Å²) < 4.78 is 12.0. The number of rotatable bonds is 4. The molecule has 1 aromatic carbocycles. The van der Waals surface area contributed by atoms with Crippen molar-refractivity contribution in [3.05, 3.63) is 23.8 Å². The zero-order valence-electron chi connectivity index (χ0n) is 13.5. The van der Waals surface area contributed by atoms with Crippen LogP contribution in [0.3, 0.4) is 0 Å². The van der Waals surface area contributed by atoms with Crippen molar-refractivity contribution in [3.63, 3.8) is 0 Å². The second-order valence-electron chi connectivity index (χ2n) is 6.43. The zero-order chi connectivity index (χ0) is 15.7. The van der Waals surface area contributed by atoms with Crippen molar-refractivity contribution in [2.45, 2.75) is 52.2 Å². The predicted octanol–water partition coefficient (Wildman–Crippen LogP) is 2.68. The van der Waals surface area contributed by atoms with Crippen LogP contribution in [0.15, 0.2) is 18.2 Å². The van der Waals surface area contributed by atoms with Crippen LogP contribution in [0, 0.1) is 11.3 Å². The van der Waals surface area contributed by atoms with Gasteiger partial charge in [0.25, 0.3) is 0 Å². The summed E-state index contributed by atoms with van der Waals surface area (Å²) in [5.41, 5.74) is 1.62. The maximum Gasteiger partial charge on any atom is 0.494 e. The van der Waals surface area contributed by atoms with E-state index in [1.807, 2.05) is 45.9 Å². The SMILES string of the molecule is CCCNc1ccc(B2OC(C)(C)C(C)(C)O2)cc1C#N. The first-order valence-electron chi connectivity index (χ1n) is 7.44. The van der Waals surface area contributed by atoms with Gasteiger partial charge in [0.1, 0.15) is 6.07 Å². The topological polar surface area (TPSA) is 54.3 Å². The minimum absolute atomic E-state index is 0.371. The van der Waals surface area contributed by atoms with Gasteiger partial charge in [-0.1, -0.05) is 13.0 Å². The molecule has 5 heteroatoms. The van der Waals surface area contributed by atoms with Crippen LogP contribution < -0.4 is 10.8 Å². The molecular weight excluding hydrogens is 263 g/mol. The highest BCUT2D eigenvalue weighted by Gasteiger charge is 2.51. The number of nitriles is 1. The van der Waals surface area contributed by atoms with Crippen LogP contribution >= 0.6 is 0 Å². The summed E-state index contributed by atoms with van der Waals surface area (Å²) in [6, 6.07) is 7.97. The third-order valence-corrected chi connectivity index (χ3v) is 4.25. The van der Waals surface area contributed by atoms with Crippen LogP contribution in [0.5, 0.6) is 0 Å². The molecule has 4 nitrogen and oxygen atoms in total. The number of nitrogens with zero attached hydrogens (tertiary/aromatic N) is 1. The molecule has 0 bridgehead atoms. The molecule has 112 valence electrons. The molecule has 1 heterocycles. The number of anilines is 1. The lowest BCUT2D eigenvalue weighted by molar-refractivity contribution is 0.00578. The van der Waals surface area contributed by atoms with Crippen molar-refractivity contribution in [2.24, 2.45) is 0 Å². The molecule has 1 aliphatic rings. The minimum atomic E-state index is -0.428. The molecule has 0 spiro atoms. The van der Waals surface area contributed by atoms with Crippen LogP contribution in [0.2, 0.25) is 0 Å². The first-order chi connectivity index (χ1) is 9.80. The fourth-order valence-electron chi connectivity index (χ4n) is 2.19. The molecule has 1 aromatic rings. The fraction of sp³-hybridized carbons (Fsp3) is 0.562. The summed E-state index contributed by atoms with van der Waals surface area (Å²) in [6.07, 6.45) is 1.02. The maximum atomic E-state index is 9.32. The number of nitrogens with one attached hydrogen (secondary N) is 1. The third-order valence-electron chi connectivity index (χ3n) is 4.25. The molecule has 1 N–H and O–H groups in total. The van der Waals surface area contributed by atoms with Crippen LogP contribution in [0.1, 0.15) is 46.6 Å². The molecule has 21 heavy (non-hydrogen) atoms. The quantitative estimate of drug-likeness (QED) is 0.865. The van der Waals surface area contributed by atoms with E-state index in [4.69, 9.17) is 9.31 Å². The molecule has 1 aliphatic heterocycles.